The van der Waals surface area contributed by atoms with Crippen molar-refractivity contribution in [1.82, 2.24) is 0 Å². The molecule has 1 atom stereocenters. The monoisotopic (exact) mass is 470 g/mol. The average molecular weight is 471 g/mol. The molecule has 0 aliphatic heterocycles. The van der Waals surface area contributed by atoms with E-state index in [-0.39, 0.29) is 17.5 Å². The van der Waals surface area contributed by atoms with Crippen molar-refractivity contribution in [3.8, 4) is 0 Å². The number of nitrogens with one attached hydrogen (secondary N) is 2. The molecule has 4 nitrogen and oxygen atoms in total. The summed E-state index contributed by atoms with van der Waals surface area (Å²) in [6.07, 6.45) is 0.295. The zero-order valence-corrected chi connectivity index (χ0v) is 19.1. The van der Waals surface area contributed by atoms with E-state index in [9.17, 15) is 14.0 Å². The van der Waals surface area contributed by atoms with Gasteiger partial charge >= 0.3 is 0 Å². The van der Waals surface area contributed by atoms with Gasteiger partial charge in [-0.25, -0.2) is 4.39 Å². The fourth-order valence-electron chi connectivity index (χ4n) is 3.40. The predicted molar refractivity (Wildman–Crippen MR) is 135 cm³/mol. The Labute approximate surface area is 202 Å². The van der Waals surface area contributed by atoms with Crippen LogP contribution in [0.5, 0.6) is 0 Å². The van der Waals surface area contributed by atoms with Crippen LogP contribution in [-0.4, -0.2) is 11.8 Å². The fourth-order valence-corrected chi connectivity index (χ4v) is 4.43. The van der Waals surface area contributed by atoms with Gasteiger partial charge in [0.25, 0.3) is 0 Å². The normalized spacial score (nSPS) is 11.4. The number of rotatable bonds is 8. The minimum absolute atomic E-state index is 0.0990. The lowest BCUT2D eigenvalue weighted by Crippen LogP contribution is -2.19. The summed E-state index contributed by atoms with van der Waals surface area (Å²) in [6.45, 7) is 0. The number of anilines is 2. The minimum atomic E-state index is -0.584. The third kappa shape index (κ3) is 6.33. The van der Waals surface area contributed by atoms with Crippen LogP contribution in [0.25, 0.3) is 0 Å². The van der Waals surface area contributed by atoms with E-state index < -0.39 is 11.1 Å². The lowest BCUT2D eigenvalue weighted by Gasteiger charge is -2.17. The largest absolute Gasteiger partial charge is 0.326 e. The fraction of sp³-hybridized carbons (Fsp3) is 0.0714. The molecule has 0 heterocycles. The van der Waals surface area contributed by atoms with Crippen LogP contribution in [0.1, 0.15) is 16.4 Å². The number of carbonyl (C=O) groups excluding carboxylic acids is 2. The molecule has 0 saturated carbocycles. The van der Waals surface area contributed by atoms with Crippen molar-refractivity contribution >= 4 is 35.0 Å². The van der Waals surface area contributed by atoms with Gasteiger partial charge in [-0.2, -0.15) is 0 Å². The summed E-state index contributed by atoms with van der Waals surface area (Å²) in [6, 6.07) is 32.3. The highest BCUT2D eigenvalue weighted by Crippen LogP contribution is 2.37. The molecule has 0 saturated heterocycles. The highest BCUT2D eigenvalue weighted by atomic mass is 32.2. The molecule has 1 unspecified atom stereocenters. The number of hydrogen-bond acceptors (Lipinski definition) is 3. The second-order valence-corrected chi connectivity index (χ2v) is 8.79. The van der Waals surface area contributed by atoms with Crippen molar-refractivity contribution < 1.29 is 14.0 Å². The Kier molecular flexibility index (Phi) is 7.73. The van der Waals surface area contributed by atoms with Crippen LogP contribution in [-0.2, 0) is 16.0 Å². The first-order valence-electron chi connectivity index (χ1n) is 10.8. The van der Waals surface area contributed by atoms with Gasteiger partial charge in [-0.3, -0.25) is 9.59 Å². The van der Waals surface area contributed by atoms with Gasteiger partial charge in [-0.15, -0.1) is 11.8 Å². The third-order valence-corrected chi connectivity index (χ3v) is 6.34. The molecule has 0 aliphatic carbocycles. The highest BCUT2D eigenvalue weighted by molar-refractivity contribution is 8.00. The summed E-state index contributed by atoms with van der Waals surface area (Å²) in [5.74, 6) is -0.900. The molecular weight excluding hydrogens is 447 g/mol. The van der Waals surface area contributed by atoms with Gasteiger partial charge in [0.2, 0.25) is 11.8 Å². The van der Waals surface area contributed by atoms with Crippen molar-refractivity contribution in [2.75, 3.05) is 10.6 Å². The molecule has 170 valence electrons. The summed E-state index contributed by atoms with van der Waals surface area (Å²) in [5, 5.41) is 5.01. The maximum Gasteiger partial charge on any atom is 0.242 e. The molecule has 0 spiro atoms. The molecule has 2 amide bonds. The van der Waals surface area contributed by atoms with Gasteiger partial charge in [0, 0.05) is 10.6 Å². The van der Waals surface area contributed by atoms with E-state index in [0.717, 1.165) is 16.0 Å². The van der Waals surface area contributed by atoms with Crippen molar-refractivity contribution in [3.05, 3.63) is 126 Å². The highest BCUT2D eigenvalue weighted by Gasteiger charge is 2.23. The van der Waals surface area contributed by atoms with Crippen LogP contribution in [0, 0.1) is 5.82 Å². The van der Waals surface area contributed by atoms with E-state index >= 15 is 0 Å². The number of hydrogen-bond donors (Lipinski definition) is 2. The quantitative estimate of drug-likeness (QED) is 0.290. The molecule has 4 aromatic carbocycles. The second kappa shape index (κ2) is 11.3. The van der Waals surface area contributed by atoms with Gasteiger partial charge in [0.1, 0.15) is 11.1 Å². The Bertz CT molecular complexity index is 1250. The molecule has 0 aromatic heterocycles. The molecule has 2 N–H and O–H groups in total. The maximum absolute atomic E-state index is 14.1. The second-order valence-electron chi connectivity index (χ2n) is 7.61. The van der Waals surface area contributed by atoms with E-state index in [4.69, 9.17) is 0 Å². The van der Waals surface area contributed by atoms with Crippen molar-refractivity contribution in [1.29, 1.82) is 0 Å². The first-order valence-corrected chi connectivity index (χ1v) is 11.7. The van der Waals surface area contributed by atoms with Crippen LogP contribution in [0.15, 0.2) is 114 Å². The number of para-hydroxylation sites is 1. The molecule has 6 heteroatoms. The Balaban J connectivity index is 1.45. The van der Waals surface area contributed by atoms with Gasteiger partial charge in [0.15, 0.2) is 0 Å². The molecule has 0 bridgehead atoms. The summed E-state index contributed by atoms with van der Waals surface area (Å²) >= 11 is 1.36. The average Bonchev–Trinajstić information content (AvgIpc) is 2.86. The summed E-state index contributed by atoms with van der Waals surface area (Å²) in [4.78, 5) is 26.3. The van der Waals surface area contributed by atoms with Gasteiger partial charge < -0.3 is 10.6 Å². The van der Waals surface area contributed by atoms with E-state index in [1.807, 2.05) is 84.9 Å². The summed E-state index contributed by atoms with van der Waals surface area (Å²) in [5.41, 5.74) is 2.57. The lowest BCUT2D eigenvalue weighted by atomic mass is 10.1. The molecule has 34 heavy (non-hydrogen) atoms. The zero-order valence-electron chi connectivity index (χ0n) is 18.3. The Morgan fingerprint density at radius 2 is 1.35 bits per heavy atom. The topological polar surface area (TPSA) is 58.2 Å². The smallest absolute Gasteiger partial charge is 0.242 e. The van der Waals surface area contributed by atoms with Crippen LogP contribution in [0.3, 0.4) is 0 Å². The SMILES string of the molecule is O=C(Cc1ccccc1)Nc1ccc(SC(C(=O)Nc2ccccc2F)c2ccccc2)cc1. The Morgan fingerprint density at radius 3 is 2.03 bits per heavy atom. The van der Waals surface area contributed by atoms with Crippen molar-refractivity contribution in [2.24, 2.45) is 0 Å². The number of benzene rings is 4. The molecule has 4 rings (SSSR count). The van der Waals surface area contributed by atoms with Crippen LogP contribution < -0.4 is 10.6 Å². The van der Waals surface area contributed by atoms with Gasteiger partial charge in [-0.05, 0) is 47.5 Å². The standard InChI is InChI=1S/C28H23FN2O2S/c29-24-13-7-8-14-25(24)31-28(33)27(21-11-5-2-6-12-21)34-23-17-15-22(16-18-23)30-26(32)19-20-9-3-1-4-10-20/h1-18,27H,19H2,(H,30,32)(H,31,33). The van der Waals surface area contributed by atoms with E-state index in [2.05, 4.69) is 10.6 Å². The zero-order chi connectivity index (χ0) is 23.8. The number of halogens is 1. The Hall–Kier alpha value is -3.90. The third-order valence-electron chi connectivity index (χ3n) is 5.07. The molecule has 0 aliphatic rings. The van der Waals surface area contributed by atoms with Crippen LogP contribution >= 0.6 is 11.8 Å². The van der Waals surface area contributed by atoms with Gasteiger partial charge in [-0.1, -0.05) is 72.8 Å². The molecule has 0 radical (unpaired) electrons. The first kappa shape index (κ1) is 23.3. The van der Waals surface area contributed by atoms with Crippen LogP contribution in [0.4, 0.5) is 15.8 Å². The number of thioether (sulfide) groups is 1. The summed E-state index contributed by atoms with van der Waals surface area (Å²) in [7, 11) is 0. The first-order chi connectivity index (χ1) is 16.6. The summed E-state index contributed by atoms with van der Waals surface area (Å²) < 4.78 is 14.1. The minimum Gasteiger partial charge on any atom is -0.326 e. The van der Waals surface area contributed by atoms with E-state index in [0.29, 0.717) is 12.1 Å². The number of amides is 2. The molecular formula is C28H23FN2O2S. The van der Waals surface area contributed by atoms with Crippen molar-refractivity contribution in [3.63, 3.8) is 0 Å². The molecule has 4 aromatic rings. The van der Waals surface area contributed by atoms with Crippen LogP contribution in [0.2, 0.25) is 0 Å². The number of carbonyl (C=O) groups is 2. The van der Waals surface area contributed by atoms with Gasteiger partial charge in [0.05, 0.1) is 12.1 Å². The van der Waals surface area contributed by atoms with Crippen molar-refractivity contribution in [2.45, 2.75) is 16.6 Å². The van der Waals surface area contributed by atoms with E-state index in [1.54, 1.807) is 12.1 Å². The lowest BCUT2D eigenvalue weighted by molar-refractivity contribution is -0.116. The van der Waals surface area contributed by atoms with E-state index in [1.165, 1.54) is 23.9 Å². The predicted octanol–water partition coefficient (Wildman–Crippen LogP) is 6.48. The Morgan fingerprint density at radius 1 is 0.735 bits per heavy atom. The maximum atomic E-state index is 14.1. The molecule has 0 fully saturated rings.